The zero-order valence-corrected chi connectivity index (χ0v) is 18.5. The number of anilines is 2. The average molecular weight is 418 g/mol. The van der Waals surface area contributed by atoms with Gasteiger partial charge in [-0.05, 0) is 35.2 Å². The standard InChI is InChI=1S/C27H32FN3/c1-21(2)20-30-15-17-31(18-16-30)24-13-14-25(28)26(19-24)29-27(22-9-5-3-6-10-22)23-11-7-4-8-12-23/h3-14,19,21,27,29H,15-18,20H2,1-2H3. The van der Waals surface area contributed by atoms with Gasteiger partial charge in [0.2, 0.25) is 0 Å². The number of piperazine rings is 1. The second kappa shape index (κ2) is 9.97. The van der Waals surface area contributed by atoms with Crippen molar-refractivity contribution in [3.05, 3.63) is 95.8 Å². The van der Waals surface area contributed by atoms with E-state index in [1.165, 1.54) is 0 Å². The lowest BCUT2D eigenvalue weighted by atomic mass is 9.98. The first-order valence-electron chi connectivity index (χ1n) is 11.2. The number of nitrogens with one attached hydrogen (secondary N) is 1. The third-order valence-electron chi connectivity index (χ3n) is 5.88. The van der Waals surface area contributed by atoms with Crippen molar-refractivity contribution in [1.82, 2.24) is 4.90 Å². The highest BCUT2D eigenvalue weighted by molar-refractivity contribution is 5.61. The lowest BCUT2D eigenvalue weighted by Crippen LogP contribution is -2.47. The van der Waals surface area contributed by atoms with E-state index in [1.807, 2.05) is 48.5 Å². The van der Waals surface area contributed by atoms with Crippen LogP contribution in [0.15, 0.2) is 78.9 Å². The van der Waals surface area contributed by atoms with Gasteiger partial charge in [-0.15, -0.1) is 0 Å². The summed E-state index contributed by atoms with van der Waals surface area (Å²) in [5.41, 5.74) is 3.84. The predicted molar refractivity (Wildman–Crippen MR) is 128 cm³/mol. The number of nitrogens with zero attached hydrogens (tertiary/aromatic N) is 2. The van der Waals surface area contributed by atoms with Crippen molar-refractivity contribution in [2.45, 2.75) is 19.9 Å². The Hall–Kier alpha value is -2.85. The molecule has 3 nitrogen and oxygen atoms in total. The molecule has 1 N–H and O–H groups in total. The molecule has 1 heterocycles. The first-order chi connectivity index (χ1) is 15.1. The van der Waals surface area contributed by atoms with Crippen LogP contribution in [0.1, 0.15) is 31.0 Å². The quantitative estimate of drug-likeness (QED) is 0.524. The molecule has 1 fully saturated rings. The molecular weight excluding hydrogens is 385 g/mol. The minimum Gasteiger partial charge on any atom is -0.372 e. The van der Waals surface area contributed by atoms with Crippen LogP contribution in [0.3, 0.4) is 0 Å². The smallest absolute Gasteiger partial charge is 0.146 e. The van der Waals surface area contributed by atoms with E-state index < -0.39 is 0 Å². The van der Waals surface area contributed by atoms with E-state index in [2.05, 4.69) is 53.2 Å². The second-order valence-corrected chi connectivity index (χ2v) is 8.74. The van der Waals surface area contributed by atoms with Gasteiger partial charge in [0.15, 0.2) is 0 Å². The monoisotopic (exact) mass is 417 g/mol. The van der Waals surface area contributed by atoms with Gasteiger partial charge < -0.3 is 10.2 Å². The molecular formula is C27H32FN3. The number of hydrogen-bond acceptors (Lipinski definition) is 3. The Kier molecular flexibility index (Phi) is 6.88. The fraction of sp³-hybridized carbons (Fsp3) is 0.333. The van der Waals surface area contributed by atoms with Gasteiger partial charge in [-0.25, -0.2) is 4.39 Å². The SMILES string of the molecule is CC(C)CN1CCN(c2ccc(F)c(NC(c3ccccc3)c3ccccc3)c2)CC1. The van der Waals surface area contributed by atoms with Crippen LogP contribution in [0, 0.1) is 11.7 Å². The summed E-state index contributed by atoms with van der Waals surface area (Å²) in [4.78, 5) is 4.88. The lowest BCUT2D eigenvalue weighted by molar-refractivity contribution is 0.231. The highest BCUT2D eigenvalue weighted by Crippen LogP contribution is 2.30. The van der Waals surface area contributed by atoms with Crippen LogP contribution in [0.25, 0.3) is 0 Å². The Morgan fingerprint density at radius 1 is 0.806 bits per heavy atom. The number of benzene rings is 3. The molecule has 4 heteroatoms. The van der Waals surface area contributed by atoms with Crippen molar-refractivity contribution in [2.24, 2.45) is 5.92 Å². The first kappa shape index (κ1) is 21.4. The minimum atomic E-state index is -0.223. The van der Waals surface area contributed by atoms with Gasteiger partial charge in [-0.2, -0.15) is 0 Å². The first-order valence-corrected chi connectivity index (χ1v) is 11.2. The number of hydrogen-bond donors (Lipinski definition) is 1. The summed E-state index contributed by atoms with van der Waals surface area (Å²) in [5, 5.41) is 3.48. The van der Waals surface area contributed by atoms with Crippen LogP contribution in [0.5, 0.6) is 0 Å². The van der Waals surface area contributed by atoms with Gasteiger partial charge >= 0.3 is 0 Å². The van der Waals surface area contributed by atoms with E-state index in [0.717, 1.165) is 49.5 Å². The maximum Gasteiger partial charge on any atom is 0.146 e. The third-order valence-corrected chi connectivity index (χ3v) is 5.88. The largest absolute Gasteiger partial charge is 0.372 e. The van der Waals surface area contributed by atoms with Gasteiger partial charge in [0.25, 0.3) is 0 Å². The molecule has 3 aromatic rings. The summed E-state index contributed by atoms with van der Waals surface area (Å²) in [5.74, 6) is 0.458. The molecule has 1 saturated heterocycles. The van der Waals surface area contributed by atoms with E-state index in [1.54, 1.807) is 6.07 Å². The Bertz CT molecular complexity index is 911. The summed E-state index contributed by atoms with van der Waals surface area (Å²) < 4.78 is 14.8. The molecule has 0 aromatic heterocycles. The maximum atomic E-state index is 14.8. The van der Waals surface area contributed by atoms with Crippen LogP contribution >= 0.6 is 0 Å². The summed E-state index contributed by atoms with van der Waals surface area (Å²) in [7, 11) is 0. The molecule has 0 aliphatic carbocycles. The van der Waals surface area contributed by atoms with Crippen molar-refractivity contribution in [3.8, 4) is 0 Å². The van der Waals surface area contributed by atoms with Crippen LogP contribution in [-0.2, 0) is 0 Å². The van der Waals surface area contributed by atoms with Crippen molar-refractivity contribution in [1.29, 1.82) is 0 Å². The van der Waals surface area contributed by atoms with E-state index in [0.29, 0.717) is 11.6 Å². The topological polar surface area (TPSA) is 18.5 Å². The highest BCUT2D eigenvalue weighted by atomic mass is 19.1. The molecule has 1 aliphatic heterocycles. The summed E-state index contributed by atoms with van der Waals surface area (Å²) >= 11 is 0. The van der Waals surface area contributed by atoms with Crippen LogP contribution in [0.2, 0.25) is 0 Å². The van der Waals surface area contributed by atoms with Gasteiger partial charge in [-0.1, -0.05) is 74.5 Å². The second-order valence-electron chi connectivity index (χ2n) is 8.74. The molecule has 0 saturated carbocycles. The molecule has 0 unspecified atom stereocenters. The van der Waals surface area contributed by atoms with Crippen molar-refractivity contribution < 1.29 is 4.39 Å². The molecule has 0 amide bonds. The lowest BCUT2D eigenvalue weighted by Gasteiger charge is -2.37. The molecule has 162 valence electrons. The molecule has 0 atom stereocenters. The molecule has 0 radical (unpaired) electrons. The Balaban J connectivity index is 1.55. The fourth-order valence-electron chi connectivity index (χ4n) is 4.33. The van der Waals surface area contributed by atoms with Gasteiger partial charge in [0.05, 0.1) is 11.7 Å². The maximum absolute atomic E-state index is 14.8. The average Bonchev–Trinajstić information content (AvgIpc) is 2.80. The zero-order valence-electron chi connectivity index (χ0n) is 18.5. The van der Waals surface area contributed by atoms with Crippen LogP contribution in [-0.4, -0.2) is 37.6 Å². The molecule has 31 heavy (non-hydrogen) atoms. The summed E-state index contributed by atoms with van der Waals surface area (Å²) in [6.07, 6.45) is 0. The Labute approximate surface area is 185 Å². The van der Waals surface area contributed by atoms with Crippen LogP contribution in [0.4, 0.5) is 15.8 Å². The minimum absolute atomic E-state index is 0.116. The summed E-state index contributed by atoms with van der Waals surface area (Å²) in [6, 6.07) is 25.8. The molecule has 3 aromatic carbocycles. The van der Waals surface area contributed by atoms with Crippen LogP contribution < -0.4 is 10.2 Å². The van der Waals surface area contributed by atoms with E-state index in [9.17, 15) is 4.39 Å². The summed E-state index contributed by atoms with van der Waals surface area (Å²) in [6.45, 7) is 9.71. The van der Waals surface area contributed by atoms with Crippen molar-refractivity contribution in [3.63, 3.8) is 0 Å². The number of rotatable bonds is 7. The fourth-order valence-corrected chi connectivity index (χ4v) is 4.33. The van der Waals surface area contributed by atoms with Crippen molar-refractivity contribution in [2.75, 3.05) is 42.9 Å². The van der Waals surface area contributed by atoms with Gasteiger partial charge in [0.1, 0.15) is 5.82 Å². The molecule has 0 spiro atoms. The number of halogens is 1. The highest BCUT2D eigenvalue weighted by Gasteiger charge is 2.20. The Morgan fingerprint density at radius 2 is 1.39 bits per heavy atom. The van der Waals surface area contributed by atoms with E-state index in [-0.39, 0.29) is 11.9 Å². The van der Waals surface area contributed by atoms with E-state index in [4.69, 9.17) is 0 Å². The normalized spacial score (nSPS) is 14.9. The third kappa shape index (κ3) is 5.45. The zero-order chi connectivity index (χ0) is 21.6. The molecule has 0 bridgehead atoms. The van der Waals surface area contributed by atoms with Crippen molar-refractivity contribution >= 4 is 11.4 Å². The van der Waals surface area contributed by atoms with Gasteiger partial charge in [0, 0.05) is 38.4 Å². The van der Waals surface area contributed by atoms with E-state index >= 15 is 0 Å². The van der Waals surface area contributed by atoms with Gasteiger partial charge in [-0.3, -0.25) is 4.90 Å². The predicted octanol–water partition coefficient (Wildman–Crippen LogP) is 5.81. The molecule has 1 aliphatic rings. The molecule has 4 rings (SSSR count). The Morgan fingerprint density at radius 3 is 1.94 bits per heavy atom.